The molecule has 0 radical (unpaired) electrons. The molecule has 0 aliphatic carbocycles. The summed E-state index contributed by atoms with van der Waals surface area (Å²) in [6.45, 7) is 4.17. The minimum Gasteiger partial charge on any atom is -0.350 e. The lowest BCUT2D eigenvalue weighted by Crippen LogP contribution is -2.38. The smallest absolute Gasteiger partial charge is 0.251 e. The number of halogens is 1. The molecule has 2 aromatic carbocycles. The van der Waals surface area contributed by atoms with Crippen LogP contribution in [-0.4, -0.2) is 24.9 Å². The zero-order valence-electron chi connectivity index (χ0n) is 13.9. The molecule has 0 aromatic heterocycles. The summed E-state index contributed by atoms with van der Waals surface area (Å²) in [5, 5.41) is 2.72. The normalized spacial score (nSPS) is 10.3. The van der Waals surface area contributed by atoms with Crippen LogP contribution < -0.4 is 10.2 Å². The molecule has 2 amide bonds. The predicted molar refractivity (Wildman–Crippen MR) is 92.6 cm³/mol. The van der Waals surface area contributed by atoms with Crippen LogP contribution in [0.4, 0.5) is 10.1 Å². The molecule has 5 heteroatoms. The summed E-state index contributed by atoms with van der Waals surface area (Å²) >= 11 is 0. The van der Waals surface area contributed by atoms with Crippen LogP contribution in [0.15, 0.2) is 48.5 Å². The molecule has 24 heavy (non-hydrogen) atoms. The first-order valence-electron chi connectivity index (χ1n) is 7.92. The molecule has 0 aliphatic rings. The Bertz CT molecular complexity index is 731. The van der Waals surface area contributed by atoms with E-state index in [2.05, 4.69) is 5.32 Å². The first kappa shape index (κ1) is 17.7. The monoisotopic (exact) mass is 328 g/mol. The maximum atomic E-state index is 13.2. The number of hydrogen-bond donors (Lipinski definition) is 1. The van der Waals surface area contributed by atoms with Crippen LogP contribution in [0.25, 0.3) is 0 Å². The minimum absolute atomic E-state index is 0.0871. The van der Waals surface area contributed by atoms with Crippen molar-refractivity contribution in [3.05, 3.63) is 65.5 Å². The quantitative estimate of drug-likeness (QED) is 0.885. The molecule has 0 atom stereocenters. The van der Waals surface area contributed by atoms with E-state index in [0.717, 1.165) is 17.7 Å². The molecule has 126 valence electrons. The first-order chi connectivity index (χ1) is 11.5. The number of hydrogen-bond acceptors (Lipinski definition) is 2. The van der Waals surface area contributed by atoms with Crippen molar-refractivity contribution in [2.45, 2.75) is 20.3 Å². The number of benzene rings is 2. The van der Waals surface area contributed by atoms with Gasteiger partial charge in [-0.15, -0.1) is 0 Å². The molecule has 0 unspecified atom stereocenters. The molecule has 0 bridgehead atoms. The fraction of sp³-hybridized carbons (Fsp3) is 0.263. The maximum Gasteiger partial charge on any atom is 0.251 e. The summed E-state index contributed by atoms with van der Waals surface area (Å²) in [5.41, 5.74) is 2.19. The van der Waals surface area contributed by atoms with Gasteiger partial charge in [0.25, 0.3) is 5.91 Å². The predicted octanol–water partition coefficient (Wildman–Crippen LogP) is 3.17. The van der Waals surface area contributed by atoms with Gasteiger partial charge >= 0.3 is 0 Å². The molecular weight excluding hydrogens is 307 g/mol. The van der Waals surface area contributed by atoms with Crippen molar-refractivity contribution in [3.8, 4) is 0 Å². The molecule has 0 fully saturated rings. The van der Waals surface area contributed by atoms with Crippen LogP contribution in [0.3, 0.4) is 0 Å². The molecule has 0 spiro atoms. The van der Waals surface area contributed by atoms with Gasteiger partial charge in [0.05, 0.1) is 0 Å². The lowest BCUT2D eigenvalue weighted by Gasteiger charge is -2.24. The largest absolute Gasteiger partial charge is 0.350 e. The van der Waals surface area contributed by atoms with E-state index in [1.165, 1.54) is 25.1 Å². The number of amides is 2. The fourth-order valence-electron chi connectivity index (χ4n) is 2.53. The van der Waals surface area contributed by atoms with Crippen molar-refractivity contribution in [2.75, 3.05) is 18.0 Å². The van der Waals surface area contributed by atoms with E-state index in [-0.39, 0.29) is 23.9 Å². The Morgan fingerprint density at radius 3 is 2.54 bits per heavy atom. The molecular formula is C19H21FN2O2. The molecule has 0 aliphatic heterocycles. The third kappa shape index (κ3) is 4.41. The Hall–Kier alpha value is -2.69. The van der Waals surface area contributed by atoms with Gasteiger partial charge in [-0.05, 0) is 36.2 Å². The van der Waals surface area contributed by atoms with Gasteiger partial charge in [0.2, 0.25) is 5.91 Å². The third-order valence-electron chi connectivity index (χ3n) is 3.75. The molecule has 1 N–H and O–H groups in total. The van der Waals surface area contributed by atoms with Gasteiger partial charge in [-0.1, -0.05) is 31.2 Å². The summed E-state index contributed by atoms with van der Waals surface area (Å²) in [5.74, 6) is -0.900. The van der Waals surface area contributed by atoms with Crippen LogP contribution in [0, 0.1) is 5.82 Å². The van der Waals surface area contributed by atoms with Crippen molar-refractivity contribution in [3.63, 3.8) is 0 Å². The molecule has 0 saturated carbocycles. The number of aryl methyl sites for hydroxylation is 1. The standard InChI is InChI=1S/C19H21FN2O2/c1-3-15-7-4-5-10-18(15)22(14(2)23)12-11-21-19(24)16-8-6-9-17(20)13-16/h4-10,13H,3,11-12H2,1-2H3,(H,21,24). The van der Waals surface area contributed by atoms with Crippen LogP contribution in [-0.2, 0) is 11.2 Å². The van der Waals surface area contributed by atoms with E-state index in [9.17, 15) is 14.0 Å². The Kier molecular flexibility index (Phi) is 6.07. The second-order valence-corrected chi connectivity index (χ2v) is 5.42. The molecule has 2 rings (SSSR count). The Labute approximate surface area is 141 Å². The lowest BCUT2D eigenvalue weighted by atomic mass is 10.1. The van der Waals surface area contributed by atoms with Gasteiger partial charge in [0, 0.05) is 31.3 Å². The van der Waals surface area contributed by atoms with E-state index in [1.54, 1.807) is 11.0 Å². The topological polar surface area (TPSA) is 49.4 Å². The Balaban J connectivity index is 2.02. The lowest BCUT2D eigenvalue weighted by molar-refractivity contribution is -0.116. The Morgan fingerprint density at radius 1 is 1.12 bits per heavy atom. The fourth-order valence-corrected chi connectivity index (χ4v) is 2.53. The average molecular weight is 328 g/mol. The van der Waals surface area contributed by atoms with Gasteiger partial charge in [-0.2, -0.15) is 0 Å². The van der Waals surface area contributed by atoms with E-state index in [1.807, 2.05) is 31.2 Å². The number of para-hydroxylation sites is 1. The van der Waals surface area contributed by atoms with Gasteiger partial charge in [0.1, 0.15) is 5.82 Å². The van der Waals surface area contributed by atoms with Crippen molar-refractivity contribution >= 4 is 17.5 Å². The van der Waals surface area contributed by atoms with Crippen molar-refractivity contribution in [1.29, 1.82) is 0 Å². The zero-order chi connectivity index (χ0) is 17.5. The molecule has 2 aromatic rings. The van der Waals surface area contributed by atoms with Crippen molar-refractivity contribution in [2.24, 2.45) is 0 Å². The minimum atomic E-state index is -0.454. The second-order valence-electron chi connectivity index (χ2n) is 5.42. The highest BCUT2D eigenvalue weighted by Crippen LogP contribution is 2.20. The highest BCUT2D eigenvalue weighted by molar-refractivity contribution is 5.95. The second kappa shape index (κ2) is 8.24. The van der Waals surface area contributed by atoms with Crippen LogP contribution in [0.1, 0.15) is 29.8 Å². The van der Waals surface area contributed by atoms with Crippen LogP contribution in [0.5, 0.6) is 0 Å². The molecule has 0 heterocycles. The van der Waals surface area contributed by atoms with E-state index in [4.69, 9.17) is 0 Å². The highest BCUT2D eigenvalue weighted by atomic mass is 19.1. The average Bonchev–Trinajstić information content (AvgIpc) is 2.58. The zero-order valence-corrected chi connectivity index (χ0v) is 13.9. The number of carbonyl (C=O) groups is 2. The first-order valence-corrected chi connectivity index (χ1v) is 7.92. The summed E-state index contributed by atoms with van der Waals surface area (Å²) < 4.78 is 13.2. The van der Waals surface area contributed by atoms with E-state index in [0.29, 0.717) is 6.54 Å². The van der Waals surface area contributed by atoms with Gasteiger partial charge < -0.3 is 10.2 Å². The molecule has 0 saturated heterocycles. The summed E-state index contributed by atoms with van der Waals surface area (Å²) in [4.78, 5) is 25.6. The highest BCUT2D eigenvalue weighted by Gasteiger charge is 2.15. The van der Waals surface area contributed by atoms with Crippen LogP contribution >= 0.6 is 0 Å². The van der Waals surface area contributed by atoms with Crippen molar-refractivity contribution < 1.29 is 14.0 Å². The summed E-state index contributed by atoms with van der Waals surface area (Å²) in [7, 11) is 0. The van der Waals surface area contributed by atoms with E-state index >= 15 is 0 Å². The summed E-state index contributed by atoms with van der Waals surface area (Å²) in [6, 6.07) is 13.2. The van der Waals surface area contributed by atoms with Gasteiger partial charge in [-0.3, -0.25) is 9.59 Å². The maximum absolute atomic E-state index is 13.2. The molecule has 4 nitrogen and oxygen atoms in total. The van der Waals surface area contributed by atoms with Crippen molar-refractivity contribution in [1.82, 2.24) is 5.32 Å². The number of nitrogens with one attached hydrogen (secondary N) is 1. The number of anilines is 1. The van der Waals surface area contributed by atoms with Gasteiger partial charge in [0.15, 0.2) is 0 Å². The number of carbonyl (C=O) groups excluding carboxylic acids is 2. The Morgan fingerprint density at radius 2 is 1.88 bits per heavy atom. The SMILES string of the molecule is CCc1ccccc1N(CCNC(=O)c1cccc(F)c1)C(C)=O. The third-order valence-corrected chi connectivity index (χ3v) is 3.75. The number of rotatable bonds is 6. The number of nitrogens with zero attached hydrogens (tertiary/aromatic N) is 1. The van der Waals surface area contributed by atoms with Crippen LogP contribution in [0.2, 0.25) is 0 Å². The summed E-state index contributed by atoms with van der Waals surface area (Å²) in [6.07, 6.45) is 0.815. The van der Waals surface area contributed by atoms with Gasteiger partial charge in [-0.25, -0.2) is 4.39 Å². The van der Waals surface area contributed by atoms with E-state index < -0.39 is 5.82 Å².